The topological polar surface area (TPSA) is 52.6 Å². The summed E-state index contributed by atoms with van der Waals surface area (Å²) in [7, 11) is -6.13. The molecule has 0 amide bonds. The first-order valence-electron chi connectivity index (χ1n) is 12.1. The van der Waals surface area contributed by atoms with Crippen LogP contribution in [0.25, 0.3) is 0 Å². The van der Waals surface area contributed by atoms with E-state index in [2.05, 4.69) is 88.4 Å². The van der Waals surface area contributed by atoms with Crippen LogP contribution in [0.4, 0.5) is 0 Å². The van der Waals surface area contributed by atoms with Gasteiger partial charge in [0.05, 0.1) is 12.9 Å². The van der Waals surface area contributed by atoms with Crippen LogP contribution in [-0.4, -0.2) is 35.7 Å². The van der Waals surface area contributed by atoms with Crippen LogP contribution in [0.2, 0.25) is 5.04 Å². The Kier molecular flexibility index (Phi) is 8.26. The van der Waals surface area contributed by atoms with E-state index in [1.165, 1.54) is 16.8 Å². The highest BCUT2D eigenvalue weighted by Gasteiger charge is 2.53. The van der Waals surface area contributed by atoms with Crippen LogP contribution in [0, 0.1) is 5.41 Å². The number of hydrogen-bond acceptors (Lipinski definition) is 4. The van der Waals surface area contributed by atoms with Crippen LogP contribution in [0.3, 0.4) is 0 Å². The van der Waals surface area contributed by atoms with Crippen molar-refractivity contribution in [2.75, 3.05) is 12.9 Å². The summed E-state index contributed by atoms with van der Waals surface area (Å²) >= 11 is 0. The third kappa shape index (κ3) is 5.97. The number of hydrogen-bond donors (Lipinski definition) is 0. The maximum absolute atomic E-state index is 11.6. The molecule has 2 aromatic rings. The Morgan fingerprint density at radius 2 is 1.39 bits per heavy atom. The summed E-state index contributed by atoms with van der Waals surface area (Å²) in [4.78, 5) is 0. The molecule has 1 fully saturated rings. The summed E-state index contributed by atoms with van der Waals surface area (Å²) in [5, 5.41) is 2.45. The predicted molar refractivity (Wildman–Crippen MR) is 139 cm³/mol. The van der Waals surface area contributed by atoms with Crippen LogP contribution in [0.1, 0.15) is 66.2 Å². The standard InChI is InChI=1S/C27H40O4SSi/c1-23(27(19-13-8-14-20-27)21-22-30-32(5,28)29)31-33(26(2,3)4,24-15-9-6-10-16-24)25-17-11-7-12-18-25/h6-7,9-12,15-18,23H,8,13-14,19-22H2,1-5H3. The number of rotatable bonds is 9. The summed E-state index contributed by atoms with van der Waals surface area (Å²) in [6.45, 7) is 9.32. The molecule has 0 radical (unpaired) electrons. The monoisotopic (exact) mass is 488 g/mol. The van der Waals surface area contributed by atoms with Gasteiger partial charge in [0, 0.05) is 6.10 Å². The second kappa shape index (κ2) is 10.4. The molecule has 1 atom stereocenters. The van der Waals surface area contributed by atoms with Gasteiger partial charge in [0.1, 0.15) is 0 Å². The smallest absolute Gasteiger partial charge is 0.264 e. The van der Waals surface area contributed by atoms with Crippen LogP contribution < -0.4 is 10.4 Å². The van der Waals surface area contributed by atoms with E-state index in [9.17, 15) is 8.42 Å². The van der Waals surface area contributed by atoms with Crippen molar-refractivity contribution in [1.29, 1.82) is 0 Å². The first kappa shape index (κ1) is 26.1. The summed E-state index contributed by atoms with van der Waals surface area (Å²) in [6.07, 6.45) is 7.40. The van der Waals surface area contributed by atoms with Gasteiger partial charge >= 0.3 is 0 Å². The van der Waals surface area contributed by atoms with Crippen LogP contribution in [0.5, 0.6) is 0 Å². The second-order valence-corrected chi connectivity index (χ2v) is 16.5. The van der Waals surface area contributed by atoms with Crippen molar-refractivity contribution in [2.24, 2.45) is 5.41 Å². The number of benzene rings is 2. The minimum atomic E-state index is -3.45. The minimum Gasteiger partial charge on any atom is -0.404 e. The zero-order chi connectivity index (χ0) is 24.2. The molecule has 0 heterocycles. The second-order valence-electron chi connectivity index (χ2n) is 10.6. The average molecular weight is 489 g/mol. The Labute approximate surface area is 202 Å². The van der Waals surface area contributed by atoms with Crippen molar-refractivity contribution in [3.05, 3.63) is 60.7 Å². The highest BCUT2D eigenvalue weighted by molar-refractivity contribution is 7.85. The van der Waals surface area contributed by atoms with E-state index in [0.29, 0.717) is 6.42 Å². The molecule has 1 saturated carbocycles. The van der Waals surface area contributed by atoms with Crippen molar-refractivity contribution >= 4 is 28.8 Å². The molecule has 0 aliphatic heterocycles. The summed E-state index contributed by atoms with van der Waals surface area (Å²) in [6, 6.07) is 21.4. The molecule has 1 unspecified atom stereocenters. The molecular weight excluding hydrogens is 448 g/mol. The molecule has 0 aromatic heterocycles. The molecule has 0 bridgehead atoms. The molecule has 3 rings (SSSR count). The Bertz CT molecular complexity index is 938. The predicted octanol–water partition coefficient (Wildman–Crippen LogP) is 5.27. The van der Waals surface area contributed by atoms with Crippen molar-refractivity contribution in [1.82, 2.24) is 0 Å². The lowest BCUT2D eigenvalue weighted by Gasteiger charge is -2.50. The zero-order valence-corrected chi connectivity index (χ0v) is 22.7. The largest absolute Gasteiger partial charge is 0.404 e. The summed E-state index contributed by atoms with van der Waals surface area (Å²) < 4.78 is 35.9. The molecule has 0 N–H and O–H groups in total. The van der Waals surface area contributed by atoms with E-state index in [0.717, 1.165) is 31.9 Å². The molecule has 6 heteroatoms. The Morgan fingerprint density at radius 3 is 1.82 bits per heavy atom. The van der Waals surface area contributed by atoms with Gasteiger partial charge in [0.15, 0.2) is 0 Å². The molecule has 182 valence electrons. The van der Waals surface area contributed by atoms with Crippen LogP contribution in [0.15, 0.2) is 60.7 Å². The molecule has 33 heavy (non-hydrogen) atoms. The third-order valence-electron chi connectivity index (χ3n) is 7.38. The van der Waals surface area contributed by atoms with Gasteiger partial charge in [-0.1, -0.05) is 101 Å². The average Bonchev–Trinajstić information content (AvgIpc) is 2.77. The Morgan fingerprint density at radius 1 is 0.909 bits per heavy atom. The maximum Gasteiger partial charge on any atom is 0.264 e. The lowest BCUT2D eigenvalue weighted by atomic mass is 9.69. The van der Waals surface area contributed by atoms with Gasteiger partial charge < -0.3 is 4.43 Å². The van der Waals surface area contributed by atoms with Gasteiger partial charge in [-0.05, 0) is 47.0 Å². The maximum atomic E-state index is 11.6. The van der Waals surface area contributed by atoms with Crippen molar-refractivity contribution in [2.45, 2.75) is 77.4 Å². The van der Waals surface area contributed by atoms with Gasteiger partial charge in [0.2, 0.25) is 0 Å². The van der Waals surface area contributed by atoms with Gasteiger partial charge in [-0.2, -0.15) is 8.42 Å². The van der Waals surface area contributed by atoms with Gasteiger partial charge in [0.25, 0.3) is 18.4 Å². The molecule has 0 spiro atoms. The van der Waals surface area contributed by atoms with Crippen LogP contribution in [-0.2, 0) is 18.7 Å². The molecule has 1 aliphatic rings. The quantitative estimate of drug-likeness (QED) is 0.356. The molecule has 1 aliphatic carbocycles. The molecule has 4 nitrogen and oxygen atoms in total. The fourth-order valence-electron chi connectivity index (χ4n) is 5.59. The molecular formula is C27H40O4SSi. The van der Waals surface area contributed by atoms with E-state index < -0.39 is 18.4 Å². The third-order valence-corrected chi connectivity index (χ3v) is 13.1. The zero-order valence-electron chi connectivity index (χ0n) is 20.8. The normalized spacial score (nSPS) is 18.1. The highest BCUT2D eigenvalue weighted by Crippen LogP contribution is 2.47. The first-order chi connectivity index (χ1) is 15.5. The van der Waals surface area contributed by atoms with E-state index in [-0.39, 0.29) is 23.2 Å². The Hall–Kier alpha value is -1.47. The van der Waals surface area contributed by atoms with E-state index in [1.54, 1.807) is 0 Å². The summed E-state index contributed by atoms with van der Waals surface area (Å²) in [5.74, 6) is 0. The lowest BCUT2D eigenvalue weighted by Crippen LogP contribution is -2.68. The van der Waals surface area contributed by atoms with Crippen LogP contribution >= 0.6 is 0 Å². The van der Waals surface area contributed by atoms with Crippen molar-refractivity contribution < 1.29 is 17.0 Å². The lowest BCUT2D eigenvalue weighted by molar-refractivity contribution is 0.00382. The van der Waals surface area contributed by atoms with E-state index in [1.807, 2.05) is 0 Å². The molecule has 2 aromatic carbocycles. The van der Waals surface area contributed by atoms with Gasteiger partial charge in [-0.15, -0.1) is 0 Å². The van der Waals surface area contributed by atoms with Crippen molar-refractivity contribution in [3.8, 4) is 0 Å². The first-order valence-corrected chi connectivity index (χ1v) is 15.9. The van der Waals surface area contributed by atoms with Gasteiger partial charge in [-0.25, -0.2) is 0 Å². The summed E-state index contributed by atoms with van der Waals surface area (Å²) in [5.41, 5.74) is -0.0873. The highest BCUT2D eigenvalue weighted by atomic mass is 32.2. The Balaban J connectivity index is 2.05. The van der Waals surface area contributed by atoms with E-state index >= 15 is 0 Å². The fraction of sp³-hybridized carbons (Fsp3) is 0.556. The van der Waals surface area contributed by atoms with Gasteiger partial charge in [-0.3, -0.25) is 4.18 Å². The molecule has 0 saturated heterocycles. The van der Waals surface area contributed by atoms with Crippen molar-refractivity contribution in [3.63, 3.8) is 0 Å². The van der Waals surface area contributed by atoms with E-state index in [4.69, 9.17) is 8.61 Å². The SMILES string of the molecule is CC(O[Si](c1ccccc1)(c1ccccc1)C(C)(C)C)C1(CCOS(C)(=O)=O)CCCCC1. The fourth-order valence-corrected chi connectivity index (χ4v) is 10.8. The minimum absolute atomic E-state index is 0.0211.